The van der Waals surface area contributed by atoms with Gasteiger partial charge >= 0.3 is 0 Å². The van der Waals surface area contributed by atoms with E-state index in [1.165, 1.54) is 6.20 Å². The molecule has 0 atom stereocenters. The average Bonchev–Trinajstić information content (AvgIpc) is 2.30. The van der Waals surface area contributed by atoms with Crippen molar-refractivity contribution in [1.82, 2.24) is 10.3 Å². The number of aromatic hydroxyl groups is 1. The van der Waals surface area contributed by atoms with Gasteiger partial charge in [-0.05, 0) is 18.6 Å². The third-order valence-electron chi connectivity index (χ3n) is 2.00. The maximum Gasteiger partial charge on any atom is 0.133 e. The number of hydrogen-bond acceptors (Lipinski definition) is 4. The van der Waals surface area contributed by atoms with E-state index in [2.05, 4.69) is 16.9 Å². The van der Waals surface area contributed by atoms with E-state index in [0.717, 1.165) is 25.3 Å². The van der Waals surface area contributed by atoms with Crippen LogP contribution in [0.15, 0.2) is 31.0 Å². The number of nitrogens with zero attached hydrogens (tertiary/aromatic N) is 1. The highest BCUT2D eigenvalue weighted by Gasteiger charge is 1.94. The van der Waals surface area contributed by atoms with E-state index in [0.29, 0.717) is 13.2 Å². The minimum atomic E-state index is 0.191. The number of aromatic nitrogens is 1. The Labute approximate surface area is 96.0 Å². The number of rotatable bonds is 8. The van der Waals surface area contributed by atoms with Crippen LogP contribution in [-0.4, -0.2) is 29.8 Å². The molecule has 0 bridgehead atoms. The predicted octanol–water partition coefficient (Wildman–Crippen LogP) is 1.47. The Balaban J connectivity index is 2.02. The first-order valence-corrected chi connectivity index (χ1v) is 5.36. The summed E-state index contributed by atoms with van der Waals surface area (Å²) in [6.07, 6.45) is 4.17. The molecule has 0 radical (unpaired) electrons. The molecule has 4 nitrogen and oxygen atoms in total. The van der Waals surface area contributed by atoms with Crippen molar-refractivity contribution in [3.05, 3.63) is 36.7 Å². The van der Waals surface area contributed by atoms with E-state index in [-0.39, 0.29) is 5.75 Å². The summed E-state index contributed by atoms with van der Waals surface area (Å²) in [6, 6.07) is 3.42. The summed E-state index contributed by atoms with van der Waals surface area (Å²) in [4.78, 5) is 4.06. The van der Waals surface area contributed by atoms with Gasteiger partial charge in [0.05, 0.1) is 25.1 Å². The van der Waals surface area contributed by atoms with Crippen LogP contribution in [0.1, 0.15) is 12.1 Å². The normalized spacial score (nSPS) is 10.2. The highest BCUT2D eigenvalue weighted by Crippen LogP contribution is 2.05. The van der Waals surface area contributed by atoms with Crippen molar-refractivity contribution in [3.63, 3.8) is 0 Å². The zero-order valence-corrected chi connectivity index (χ0v) is 9.35. The fourth-order valence-electron chi connectivity index (χ4n) is 1.15. The number of nitrogens with one attached hydrogen (secondary N) is 1. The van der Waals surface area contributed by atoms with Crippen molar-refractivity contribution in [1.29, 1.82) is 0 Å². The molecule has 0 unspecified atom stereocenters. The van der Waals surface area contributed by atoms with Gasteiger partial charge in [-0.3, -0.25) is 4.98 Å². The Kier molecular flexibility index (Phi) is 6.22. The molecule has 0 fully saturated rings. The lowest BCUT2D eigenvalue weighted by Crippen LogP contribution is -2.19. The lowest BCUT2D eigenvalue weighted by molar-refractivity contribution is 0.140. The van der Waals surface area contributed by atoms with E-state index in [1.54, 1.807) is 12.1 Å². The molecule has 1 heterocycles. The molecule has 0 saturated heterocycles. The first-order valence-electron chi connectivity index (χ1n) is 5.36. The van der Waals surface area contributed by atoms with E-state index in [4.69, 9.17) is 9.84 Å². The van der Waals surface area contributed by atoms with E-state index in [9.17, 15) is 0 Å². The molecule has 0 amide bonds. The summed E-state index contributed by atoms with van der Waals surface area (Å²) in [5, 5.41) is 12.2. The van der Waals surface area contributed by atoms with Crippen molar-refractivity contribution in [3.8, 4) is 5.75 Å². The fraction of sp³-hybridized carbons (Fsp3) is 0.417. The molecule has 16 heavy (non-hydrogen) atoms. The molecule has 0 aromatic carbocycles. The van der Waals surface area contributed by atoms with Gasteiger partial charge in [0.2, 0.25) is 0 Å². The smallest absolute Gasteiger partial charge is 0.133 e. The van der Waals surface area contributed by atoms with Crippen LogP contribution < -0.4 is 5.32 Å². The second kappa shape index (κ2) is 7.84. The molecule has 88 valence electrons. The third kappa shape index (κ3) is 5.48. The average molecular weight is 222 g/mol. The van der Waals surface area contributed by atoms with E-state index < -0.39 is 0 Å². The summed E-state index contributed by atoms with van der Waals surface area (Å²) in [6.45, 7) is 6.51. The first-order chi connectivity index (χ1) is 7.83. The summed E-state index contributed by atoms with van der Waals surface area (Å²) in [5.41, 5.74) is 0.906. The topological polar surface area (TPSA) is 54.4 Å². The van der Waals surface area contributed by atoms with Crippen LogP contribution in [0.3, 0.4) is 0 Å². The Morgan fingerprint density at radius 3 is 3.00 bits per heavy atom. The highest BCUT2D eigenvalue weighted by atomic mass is 16.5. The SMILES string of the molecule is C=CCCOCCNCc1ccc(O)cn1. The first kappa shape index (κ1) is 12.7. The number of pyridine rings is 1. The van der Waals surface area contributed by atoms with Gasteiger partial charge in [-0.15, -0.1) is 6.58 Å². The molecule has 1 aromatic rings. The van der Waals surface area contributed by atoms with Crippen molar-refractivity contribution in [2.24, 2.45) is 0 Å². The van der Waals surface area contributed by atoms with Gasteiger partial charge in [-0.25, -0.2) is 0 Å². The van der Waals surface area contributed by atoms with Crippen LogP contribution >= 0.6 is 0 Å². The third-order valence-corrected chi connectivity index (χ3v) is 2.00. The van der Waals surface area contributed by atoms with Gasteiger partial charge in [-0.2, -0.15) is 0 Å². The quantitative estimate of drug-likeness (QED) is 0.516. The monoisotopic (exact) mass is 222 g/mol. The zero-order chi connectivity index (χ0) is 11.6. The molecule has 0 aliphatic carbocycles. The lowest BCUT2D eigenvalue weighted by atomic mass is 10.3. The predicted molar refractivity (Wildman–Crippen MR) is 63.2 cm³/mol. The highest BCUT2D eigenvalue weighted by molar-refractivity contribution is 5.17. The molecular weight excluding hydrogens is 204 g/mol. The van der Waals surface area contributed by atoms with Gasteiger partial charge in [0.25, 0.3) is 0 Å². The maximum atomic E-state index is 9.04. The zero-order valence-electron chi connectivity index (χ0n) is 9.35. The minimum Gasteiger partial charge on any atom is -0.506 e. The van der Waals surface area contributed by atoms with Crippen molar-refractivity contribution < 1.29 is 9.84 Å². The van der Waals surface area contributed by atoms with Crippen LogP contribution in [0.4, 0.5) is 0 Å². The van der Waals surface area contributed by atoms with Gasteiger partial charge in [0, 0.05) is 13.1 Å². The summed E-state index contributed by atoms with van der Waals surface area (Å²) >= 11 is 0. The van der Waals surface area contributed by atoms with E-state index >= 15 is 0 Å². The molecule has 2 N–H and O–H groups in total. The molecule has 0 spiro atoms. The molecule has 0 saturated carbocycles. The van der Waals surface area contributed by atoms with Crippen LogP contribution in [0.25, 0.3) is 0 Å². The second-order valence-electron chi connectivity index (χ2n) is 3.37. The van der Waals surface area contributed by atoms with Gasteiger partial charge < -0.3 is 15.2 Å². The van der Waals surface area contributed by atoms with E-state index in [1.807, 2.05) is 6.08 Å². The maximum absolute atomic E-state index is 9.04. The Morgan fingerprint density at radius 2 is 2.31 bits per heavy atom. The minimum absolute atomic E-state index is 0.191. The standard InChI is InChI=1S/C12H18N2O2/c1-2-3-7-16-8-6-13-9-11-4-5-12(15)10-14-11/h2,4-5,10,13,15H,1,3,6-9H2. The number of ether oxygens (including phenoxy) is 1. The van der Waals surface area contributed by atoms with Crippen LogP contribution in [-0.2, 0) is 11.3 Å². The van der Waals surface area contributed by atoms with Gasteiger partial charge in [0.1, 0.15) is 5.75 Å². The molecule has 1 rings (SSSR count). The van der Waals surface area contributed by atoms with Gasteiger partial charge in [-0.1, -0.05) is 6.08 Å². The molecular formula is C12H18N2O2. The molecule has 4 heteroatoms. The largest absolute Gasteiger partial charge is 0.506 e. The Morgan fingerprint density at radius 1 is 1.44 bits per heavy atom. The van der Waals surface area contributed by atoms with Crippen molar-refractivity contribution >= 4 is 0 Å². The fourth-order valence-corrected chi connectivity index (χ4v) is 1.15. The summed E-state index contributed by atoms with van der Waals surface area (Å²) < 4.78 is 5.34. The van der Waals surface area contributed by atoms with Crippen LogP contribution in [0.2, 0.25) is 0 Å². The lowest BCUT2D eigenvalue weighted by Gasteiger charge is -2.05. The van der Waals surface area contributed by atoms with Crippen molar-refractivity contribution in [2.75, 3.05) is 19.8 Å². The van der Waals surface area contributed by atoms with Crippen LogP contribution in [0, 0.1) is 0 Å². The summed E-state index contributed by atoms with van der Waals surface area (Å²) in [5.74, 6) is 0.191. The molecule has 0 aliphatic rings. The molecule has 1 aromatic heterocycles. The number of hydrogen-bond donors (Lipinski definition) is 2. The van der Waals surface area contributed by atoms with Gasteiger partial charge in [0.15, 0.2) is 0 Å². The second-order valence-corrected chi connectivity index (χ2v) is 3.37. The van der Waals surface area contributed by atoms with Crippen LogP contribution in [0.5, 0.6) is 5.75 Å². The Hall–Kier alpha value is -1.39. The van der Waals surface area contributed by atoms with Crippen molar-refractivity contribution in [2.45, 2.75) is 13.0 Å². The summed E-state index contributed by atoms with van der Waals surface area (Å²) in [7, 11) is 0. The molecule has 0 aliphatic heterocycles. The Bertz CT molecular complexity index is 298.